The van der Waals surface area contributed by atoms with Crippen molar-refractivity contribution in [3.8, 4) is 22.5 Å². The molecule has 0 saturated heterocycles. The number of aliphatic hydroxyl groups is 1. The van der Waals surface area contributed by atoms with Crippen LogP contribution in [0, 0.1) is 0 Å². The number of aliphatic hydroxyl groups excluding tert-OH is 1. The Labute approximate surface area is 110 Å². The van der Waals surface area contributed by atoms with E-state index in [1.54, 1.807) is 24.8 Å². The molecule has 0 aliphatic heterocycles. The van der Waals surface area contributed by atoms with Gasteiger partial charge in [0.05, 0.1) is 12.8 Å². The van der Waals surface area contributed by atoms with Gasteiger partial charge in [-0.05, 0) is 11.6 Å². The maximum Gasteiger partial charge on any atom is 0.159 e. The first-order valence-electron chi connectivity index (χ1n) is 5.88. The number of hydrogen-bond donors (Lipinski definition) is 2. The van der Waals surface area contributed by atoms with Crippen molar-refractivity contribution < 1.29 is 5.11 Å². The number of H-pyrrole nitrogens is 1. The van der Waals surface area contributed by atoms with Gasteiger partial charge in [-0.15, -0.1) is 0 Å². The summed E-state index contributed by atoms with van der Waals surface area (Å²) in [7, 11) is 0. The molecule has 2 N–H and O–H groups in total. The van der Waals surface area contributed by atoms with Crippen molar-refractivity contribution in [2.75, 3.05) is 0 Å². The van der Waals surface area contributed by atoms with E-state index in [1.165, 1.54) is 0 Å². The third kappa shape index (κ3) is 2.36. The summed E-state index contributed by atoms with van der Waals surface area (Å²) >= 11 is 0. The molecule has 19 heavy (non-hydrogen) atoms. The van der Waals surface area contributed by atoms with Crippen LogP contribution in [0.2, 0.25) is 0 Å². The number of benzene rings is 1. The summed E-state index contributed by atoms with van der Waals surface area (Å²) in [5, 5.41) is 15.8. The molecule has 1 aromatic carbocycles. The Morgan fingerprint density at radius 2 is 1.84 bits per heavy atom. The summed E-state index contributed by atoms with van der Waals surface area (Å²) in [5.41, 5.74) is 3.61. The first-order chi connectivity index (χ1) is 9.36. The van der Waals surface area contributed by atoms with Crippen LogP contribution in [0.25, 0.3) is 22.5 Å². The summed E-state index contributed by atoms with van der Waals surface area (Å²) in [6.07, 6.45) is 7.05. The second-order valence-electron chi connectivity index (χ2n) is 4.14. The Kier molecular flexibility index (Phi) is 3.04. The molecular weight excluding hydrogens is 240 g/mol. The Morgan fingerprint density at radius 3 is 2.53 bits per heavy atom. The van der Waals surface area contributed by atoms with Crippen molar-refractivity contribution in [2.45, 2.75) is 6.61 Å². The number of hydrogen-bond acceptors (Lipinski definition) is 4. The van der Waals surface area contributed by atoms with Crippen LogP contribution in [-0.4, -0.2) is 25.3 Å². The van der Waals surface area contributed by atoms with Gasteiger partial charge in [0.25, 0.3) is 0 Å². The zero-order valence-corrected chi connectivity index (χ0v) is 10.1. The fourth-order valence-electron chi connectivity index (χ4n) is 1.84. The molecule has 5 heteroatoms. The average molecular weight is 252 g/mol. The zero-order valence-electron chi connectivity index (χ0n) is 10.1. The molecule has 0 fully saturated rings. The highest BCUT2D eigenvalue weighted by Gasteiger charge is 2.04. The first kappa shape index (κ1) is 11.6. The van der Waals surface area contributed by atoms with Crippen molar-refractivity contribution in [3.05, 3.63) is 54.6 Å². The van der Waals surface area contributed by atoms with Crippen LogP contribution < -0.4 is 0 Å². The molecule has 3 rings (SSSR count). The molecule has 0 aliphatic carbocycles. The quantitative estimate of drug-likeness (QED) is 0.748. The lowest BCUT2D eigenvalue weighted by Crippen LogP contribution is -1.91. The third-order valence-electron chi connectivity index (χ3n) is 2.85. The largest absolute Gasteiger partial charge is 0.392 e. The SMILES string of the molecule is OCc1cccc(-c2ncc(-c3cn[nH]c3)cn2)c1. The third-order valence-corrected chi connectivity index (χ3v) is 2.85. The molecule has 0 aliphatic rings. The van der Waals surface area contributed by atoms with E-state index < -0.39 is 0 Å². The van der Waals surface area contributed by atoms with Crippen molar-refractivity contribution in [2.24, 2.45) is 0 Å². The summed E-state index contributed by atoms with van der Waals surface area (Å²) < 4.78 is 0. The van der Waals surface area contributed by atoms with Gasteiger partial charge in [0.2, 0.25) is 0 Å². The van der Waals surface area contributed by atoms with Gasteiger partial charge in [0, 0.05) is 35.3 Å². The van der Waals surface area contributed by atoms with E-state index in [4.69, 9.17) is 5.11 Å². The van der Waals surface area contributed by atoms with Crippen LogP contribution in [0.3, 0.4) is 0 Å². The number of nitrogens with one attached hydrogen (secondary N) is 1. The van der Waals surface area contributed by atoms with E-state index in [9.17, 15) is 0 Å². The second-order valence-corrected chi connectivity index (χ2v) is 4.14. The fraction of sp³-hybridized carbons (Fsp3) is 0.0714. The maximum absolute atomic E-state index is 9.13. The highest BCUT2D eigenvalue weighted by atomic mass is 16.3. The lowest BCUT2D eigenvalue weighted by atomic mass is 10.1. The van der Waals surface area contributed by atoms with Crippen LogP contribution in [0.5, 0.6) is 0 Å². The molecule has 0 unspecified atom stereocenters. The molecule has 5 nitrogen and oxygen atoms in total. The summed E-state index contributed by atoms with van der Waals surface area (Å²) in [6.45, 7) is 0.0148. The predicted molar refractivity (Wildman–Crippen MR) is 71.0 cm³/mol. The minimum Gasteiger partial charge on any atom is -0.392 e. The van der Waals surface area contributed by atoms with Gasteiger partial charge in [-0.2, -0.15) is 5.10 Å². The standard InChI is InChI=1S/C14H12N4O/c19-9-10-2-1-3-11(4-10)14-15-5-12(6-16-14)13-7-17-18-8-13/h1-8,19H,9H2,(H,17,18). The van der Waals surface area contributed by atoms with Gasteiger partial charge in [-0.3, -0.25) is 5.10 Å². The summed E-state index contributed by atoms with van der Waals surface area (Å²) in [4.78, 5) is 8.69. The Balaban J connectivity index is 1.94. The van der Waals surface area contributed by atoms with Gasteiger partial charge in [0.15, 0.2) is 5.82 Å². The monoisotopic (exact) mass is 252 g/mol. The highest BCUT2D eigenvalue weighted by Crippen LogP contribution is 2.20. The van der Waals surface area contributed by atoms with Gasteiger partial charge < -0.3 is 5.11 Å². The van der Waals surface area contributed by atoms with E-state index in [0.717, 1.165) is 22.3 Å². The smallest absolute Gasteiger partial charge is 0.159 e. The number of rotatable bonds is 3. The number of nitrogens with zero attached hydrogens (tertiary/aromatic N) is 3. The average Bonchev–Trinajstić information content (AvgIpc) is 3.02. The van der Waals surface area contributed by atoms with Crippen molar-refractivity contribution in [1.29, 1.82) is 0 Å². The maximum atomic E-state index is 9.13. The van der Waals surface area contributed by atoms with Crippen LogP contribution in [0.15, 0.2) is 49.1 Å². The van der Waals surface area contributed by atoms with E-state index in [0.29, 0.717) is 5.82 Å². The normalized spacial score (nSPS) is 10.6. The van der Waals surface area contributed by atoms with E-state index in [2.05, 4.69) is 20.2 Å². The number of aromatic amines is 1. The topological polar surface area (TPSA) is 74.7 Å². The fourth-order valence-corrected chi connectivity index (χ4v) is 1.84. The minimum atomic E-state index is 0.0148. The minimum absolute atomic E-state index is 0.0148. The molecule has 0 bridgehead atoms. The van der Waals surface area contributed by atoms with E-state index >= 15 is 0 Å². The molecule has 2 aromatic heterocycles. The Morgan fingerprint density at radius 1 is 1.00 bits per heavy atom. The molecule has 94 valence electrons. The molecular formula is C14H12N4O. The van der Waals surface area contributed by atoms with Gasteiger partial charge >= 0.3 is 0 Å². The van der Waals surface area contributed by atoms with E-state index in [-0.39, 0.29) is 6.61 Å². The van der Waals surface area contributed by atoms with Crippen molar-refractivity contribution >= 4 is 0 Å². The molecule has 0 amide bonds. The molecule has 0 atom stereocenters. The Bertz CT molecular complexity index is 662. The molecule has 2 heterocycles. The van der Waals surface area contributed by atoms with Crippen molar-refractivity contribution in [1.82, 2.24) is 20.2 Å². The molecule has 0 radical (unpaired) electrons. The molecule has 3 aromatic rings. The Hall–Kier alpha value is -2.53. The molecule has 0 spiro atoms. The predicted octanol–water partition coefficient (Wildman–Crippen LogP) is 2.03. The lowest BCUT2D eigenvalue weighted by Gasteiger charge is -2.03. The van der Waals surface area contributed by atoms with Gasteiger partial charge in [-0.25, -0.2) is 9.97 Å². The highest BCUT2D eigenvalue weighted by molar-refractivity contribution is 5.62. The van der Waals surface area contributed by atoms with Crippen LogP contribution >= 0.6 is 0 Å². The van der Waals surface area contributed by atoms with Gasteiger partial charge in [-0.1, -0.05) is 18.2 Å². The van der Waals surface area contributed by atoms with Crippen LogP contribution in [0.1, 0.15) is 5.56 Å². The lowest BCUT2D eigenvalue weighted by molar-refractivity contribution is 0.282. The molecule has 0 saturated carbocycles. The summed E-state index contributed by atoms with van der Waals surface area (Å²) in [5.74, 6) is 0.641. The first-order valence-corrected chi connectivity index (χ1v) is 5.88. The van der Waals surface area contributed by atoms with Crippen molar-refractivity contribution in [3.63, 3.8) is 0 Å². The summed E-state index contributed by atoms with van der Waals surface area (Å²) in [6, 6.07) is 7.55. The number of aromatic nitrogens is 4. The second kappa shape index (κ2) is 4.99. The zero-order chi connectivity index (χ0) is 13.1. The van der Waals surface area contributed by atoms with Crippen LogP contribution in [0.4, 0.5) is 0 Å². The van der Waals surface area contributed by atoms with E-state index in [1.807, 2.05) is 24.3 Å². The van der Waals surface area contributed by atoms with Gasteiger partial charge in [0.1, 0.15) is 0 Å². The van der Waals surface area contributed by atoms with Crippen LogP contribution in [-0.2, 0) is 6.61 Å².